The third-order valence-electron chi connectivity index (χ3n) is 10.9. The highest BCUT2D eigenvalue weighted by molar-refractivity contribution is 5.95. The van der Waals surface area contributed by atoms with E-state index in [0.29, 0.717) is 30.6 Å². The minimum Gasteiger partial charge on any atom is -0.444 e. The number of nitrogens with zero attached hydrogens (tertiary/aromatic N) is 8. The number of hydrogen-bond acceptors (Lipinski definition) is 8. The third-order valence-corrected chi connectivity index (χ3v) is 10.9. The van der Waals surface area contributed by atoms with Gasteiger partial charge in [0.25, 0.3) is 5.91 Å². The highest BCUT2D eigenvalue weighted by Gasteiger charge is 2.35. The van der Waals surface area contributed by atoms with Crippen LogP contribution in [0.3, 0.4) is 0 Å². The number of benzene rings is 3. The van der Waals surface area contributed by atoms with E-state index in [1.165, 1.54) is 44.5 Å². The molecule has 0 unspecified atom stereocenters. The highest BCUT2D eigenvalue weighted by atomic mass is 19.1. The zero-order chi connectivity index (χ0) is 41.9. The number of fused-ring (bicyclic) bond motifs is 4. The van der Waals surface area contributed by atoms with Crippen molar-refractivity contribution in [2.75, 3.05) is 25.0 Å². The van der Waals surface area contributed by atoms with Crippen LogP contribution < -0.4 is 11.0 Å². The van der Waals surface area contributed by atoms with Crippen molar-refractivity contribution in [2.24, 2.45) is 0 Å². The zero-order valence-electron chi connectivity index (χ0n) is 33.0. The number of hydrogen-bond donors (Lipinski definition) is 1. The number of aromatic nitrogens is 6. The van der Waals surface area contributed by atoms with Gasteiger partial charge in [-0.3, -0.25) is 13.9 Å². The first-order valence-electron chi connectivity index (χ1n) is 19.6. The van der Waals surface area contributed by atoms with Gasteiger partial charge in [-0.25, -0.2) is 32.7 Å². The van der Waals surface area contributed by atoms with E-state index in [1.54, 1.807) is 31.9 Å². The Hall–Kier alpha value is -6.97. The smallest absolute Gasteiger partial charge is 0.410 e. The fraction of sp³-hybridized carbons (Fsp3) is 0.273. The zero-order valence-corrected chi connectivity index (χ0v) is 33.0. The van der Waals surface area contributed by atoms with Gasteiger partial charge in [-0.05, 0) is 87.7 Å². The Balaban J connectivity index is 1.04. The van der Waals surface area contributed by atoms with E-state index in [9.17, 15) is 23.2 Å². The first kappa shape index (κ1) is 38.5. The SMILES string of the molecule is CC(C)(C)OC(=O)N1CC[C@H](n2c(=O)n(-c3ccc(C(=O)N4CCc5c(n(Cc6ccc(F)cc6F)c6ncccc56)C4)c(F)c3)c3cnc(Nc4ccccc4)nc32)C1. The van der Waals surface area contributed by atoms with Gasteiger partial charge in [0.2, 0.25) is 5.95 Å². The lowest BCUT2D eigenvalue weighted by Gasteiger charge is -2.29. The Bertz CT molecular complexity index is 2880. The maximum Gasteiger partial charge on any atom is 0.410 e. The van der Waals surface area contributed by atoms with Crippen LogP contribution in [0.2, 0.25) is 0 Å². The number of nitrogens with one attached hydrogen (secondary N) is 1. The van der Waals surface area contributed by atoms with E-state index in [2.05, 4.69) is 15.3 Å². The molecule has 0 bridgehead atoms. The lowest BCUT2D eigenvalue weighted by Crippen LogP contribution is -2.37. The standard InChI is InChI=1S/C44H40F3N9O4/c1-44(2,3)60-43(59)53-18-15-30(24-53)56-39-36(22-49-41(51-39)50-28-8-5-4-6-9-28)55(42(56)58)29-13-14-33(35(47)21-29)40(57)52-19-16-31-32-10-7-17-48-38(32)54(37(31)25-52)23-26-11-12-27(45)20-34(26)46/h4-14,17,20-22,30H,15-16,18-19,23-25H2,1-3H3,(H,49,50,51)/t30-/m0/s1. The van der Waals surface area contributed by atoms with Gasteiger partial charge in [0.1, 0.15) is 34.2 Å². The second-order valence-electron chi connectivity index (χ2n) is 16.0. The first-order chi connectivity index (χ1) is 28.8. The van der Waals surface area contributed by atoms with E-state index in [1.807, 2.05) is 47.0 Å². The molecule has 16 heteroatoms. The minimum atomic E-state index is -0.841. The van der Waals surface area contributed by atoms with Gasteiger partial charge in [-0.2, -0.15) is 4.98 Å². The summed E-state index contributed by atoms with van der Waals surface area (Å²) < 4.78 is 55.1. The predicted octanol–water partition coefficient (Wildman–Crippen LogP) is 7.52. The molecule has 3 aromatic carbocycles. The molecule has 9 rings (SSSR count). The summed E-state index contributed by atoms with van der Waals surface area (Å²) in [4.78, 5) is 58.4. The molecule has 60 heavy (non-hydrogen) atoms. The van der Waals surface area contributed by atoms with Gasteiger partial charge in [-0.1, -0.05) is 24.3 Å². The quantitative estimate of drug-likeness (QED) is 0.175. The molecule has 0 radical (unpaired) electrons. The molecular formula is C44H40F3N9O4. The first-order valence-corrected chi connectivity index (χ1v) is 19.6. The van der Waals surface area contributed by atoms with Gasteiger partial charge in [-0.15, -0.1) is 0 Å². The number of halogens is 3. The molecule has 1 N–H and O–H groups in total. The van der Waals surface area contributed by atoms with Crippen LogP contribution in [0.4, 0.5) is 29.6 Å². The fourth-order valence-corrected chi connectivity index (χ4v) is 8.15. The Morgan fingerprint density at radius 2 is 1.72 bits per heavy atom. The van der Waals surface area contributed by atoms with Gasteiger partial charge < -0.3 is 24.4 Å². The molecule has 1 atom stereocenters. The average Bonchev–Trinajstić information content (AvgIpc) is 3.90. The number of para-hydroxylation sites is 1. The van der Waals surface area contributed by atoms with Gasteiger partial charge in [0.05, 0.1) is 36.6 Å². The summed E-state index contributed by atoms with van der Waals surface area (Å²) in [5, 5.41) is 4.03. The van der Waals surface area contributed by atoms with Crippen molar-refractivity contribution in [2.45, 2.75) is 58.3 Å². The van der Waals surface area contributed by atoms with E-state index in [0.717, 1.165) is 34.5 Å². The number of likely N-dealkylation sites (tertiary alicyclic amines) is 1. The molecule has 7 aromatic rings. The van der Waals surface area contributed by atoms with Gasteiger partial charge in [0.15, 0.2) is 5.65 Å². The van der Waals surface area contributed by atoms with E-state index in [-0.39, 0.29) is 54.6 Å². The number of ether oxygens (including phenoxy) is 1. The predicted molar refractivity (Wildman–Crippen MR) is 218 cm³/mol. The lowest BCUT2D eigenvalue weighted by atomic mass is 10.0. The fourth-order valence-electron chi connectivity index (χ4n) is 8.15. The summed E-state index contributed by atoms with van der Waals surface area (Å²) in [6.45, 7) is 6.33. The normalized spacial score (nSPS) is 15.5. The van der Waals surface area contributed by atoms with Crippen LogP contribution in [0.1, 0.15) is 60.4 Å². The number of amides is 2. The molecule has 13 nitrogen and oxygen atoms in total. The Morgan fingerprint density at radius 1 is 0.900 bits per heavy atom. The Morgan fingerprint density at radius 3 is 2.48 bits per heavy atom. The number of carbonyl (C=O) groups is 2. The van der Waals surface area contributed by atoms with Crippen LogP contribution in [0.15, 0.2) is 96.1 Å². The van der Waals surface area contributed by atoms with Crippen molar-refractivity contribution in [3.05, 3.63) is 142 Å². The van der Waals surface area contributed by atoms with E-state index in [4.69, 9.17) is 9.72 Å². The highest BCUT2D eigenvalue weighted by Crippen LogP contribution is 2.33. The second-order valence-corrected chi connectivity index (χ2v) is 16.0. The molecule has 0 spiro atoms. The molecule has 0 aliphatic carbocycles. The summed E-state index contributed by atoms with van der Waals surface area (Å²) in [7, 11) is 0. The molecule has 6 heterocycles. The summed E-state index contributed by atoms with van der Waals surface area (Å²) >= 11 is 0. The van der Waals surface area contributed by atoms with Crippen LogP contribution in [0.5, 0.6) is 0 Å². The van der Waals surface area contributed by atoms with Gasteiger partial charge >= 0.3 is 11.8 Å². The molecular weight excluding hydrogens is 776 g/mol. The van der Waals surface area contributed by atoms with Crippen LogP contribution >= 0.6 is 0 Å². The van der Waals surface area contributed by atoms with Crippen molar-refractivity contribution in [1.82, 2.24) is 38.5 Å². The molecule has 2 aliphatic heterocycles. The minimum absolute atomic E-state index is 0.0514. The Kier molecular flexibility index (Phi) is 9.64. The monoisotopic (exact) mass is 815 g/mol. The topological polar surface area (TPSA) is 132 Å². The summed E-state index contributed by atoms with van der Waals surface area (Å²) in [6, 6.07) is 20.0. The third kappa shape index (κ3) is 7.11. The Labute approximate surface area is 341 Å². The van der Waals surface area contributed by atoms with Crippen molar-refractivity contribution < 1.29 is 27.5 Å². The molecule has 1 fully saturated rings. The van der Waals surface area contributed by atoms with Crippen LogP contribution in [0, 0.1) is 17.5 Å². The number of anilines is 2. The molecule has 2 aliphatic rings. The van der Waals surface area contributed by atoms with Crippen LogP contribution in [-0.4, -0.2) is 75.7 Å². The summed E-state index contributed by atoms with van der Waals surface area (Å²) in [5.74, 6) is -2.56. The van der Waals surface area contributed by atoms with Crippen LogP contribution in [0.25, 0.3) is 27.9 Å². The van der Waals surface area contributed by atoms with Crippen molar-refractivity contribution in [3.8, 4) is 5.69 Å². The number of imidazole rings is 1. The van der Waals surface area contributed by atoms with Crippen LogP contribution in [-0.2, 0) is 24.2 Å². The molecule has 2 amide bonds. The van der Waals surface area contributed by atoms with Crippen molar-refractivity contribution in [1.29, 1.82) is 0 Å². The molecule has 4 aromatic heterocycles. The van der Waals surface area contributed by atoms with E-state index < -0.39 is 46.8 Å². The molecule has 1 saturated heterocycles. The van der Waals surface area contributed by atoms with Crippen molar-refractivity contribution in [3.63, 3.8) is 0 Å². The summed E-state index contributed by atoms with van der Waals surface area (Å²) in [5.41, 5.74) is 2.58. The van der Waals surface area contributed by atoms with Gasteiger partial charge in [0, 0.05) is 54.2 Å². The number of pyridine rings is 1. The maximum atomic E-state index is 16.3. The van der Waals surface area contributed by atoms with E-state index >= 15 is 4.39 Å². The number of rotatable bonds is 7. The molecule has 0 saturated carbocycles. The molecule has 306 valence electrons. The maximum absolute atomic E-state index is 16.3. The lowest BCUT2D eigenvalue weighted by molar-refractivity contribution is 0.0288. The summed E-state index contributed by atoms with van der Waals surface area (Å²) in [6.07, 6.45) is 3.52. The van der Waals surface area contributed by atoms with Crippen molar-refractivity contribution >= 4 is 45.8 Å². The largest absolute Gasteiger partial charge is 0.444 e. The second kappa shape index (κ2) is 15.0. The average molecular weight is 816 g/mol. The number of carbonyl (C=O) groups excluding carboxylic acids is 2.